The monoisotopic (exact) mass is 550 g/mol. The zero-order valence-corrected chi connectivity index (χ0v) is 21.8. The SMILES string of the molecule is CN=C(NCc1ccc(CN2CCCC2=O)cc1)NCc1ccc(C)cc1OC(C)C.I. The van der Waals surface area contributed by atoms with Crippen molar-refractivity contribution in [2.75, 3.05) is 13.6 Å². The number of aryl methyl sites for hydroxylation is 1. The first kappa shape index (κ1) is 26.0. The topological polar surface area (TPSA) is 66.0 Å². The van der Waals surface area contributed by atoms with Gasteiger partial charge >= 0.3 is 0 Å². The quantitative estimate of drug-likeness (QED) is 0.291. The minimum atomic E-state index is 0. The van der Waals surface area contributed by atoms with Crippen LogP contribution in [0.5, 0.6) is 5.75 Å². The minimum Gasteiger partial charge on any atom is -0.491 e. The predicted molar refractivity (Wildman–Crippen MR) is 140 cm³/mol. The van der Waals surface area contributed by atoms with E-state index in [0.717, 1.165) is 30.2 Å². The van der Waals surface area contributed by atoms with Gasteiger partial charge in [-0.1, -0.05) is 36.4 Å². The van der Waals surface area contributed by atoms with Gasteiger partial charge in [-0.05, 0) is 49.9 Å². The normalized spacial score (nSPS) is 13.8. The van der Waals surface area contributed by atoms with Gasteiger partial charge in [-0.2, -0.15) is 0 Å². The lowest BCUT2D eigenvalue weighted by Gasteiger charge is -2.17. The van der Waals surface area contributed by atoms with Gasteiger partial charge in [0.25, 0.3) is 0 Å². The Hall–Kier alpha value is -2.29. The van der Waals surface area contributed by atoms with Crippen molar-refractivity contribution in [3.8, 4) is 5.75 Å². The number of carbonyl (C=O) groups is 1. The van der Waals surface area contributed by atoms with Crippen molar-refractivity contribution in [2.24, 2.45) is 4.99 Å². The van der Waals surface area contributed by atoms with Crippen molar-refractivity contribution in [3.63, 3.8) is 0 Å². The molecule has 1 saturated heterocycles. The molecular weight excluding hydrogens is 515 g/mol. The van der Waals surface area contributed by atoms with Crippen LogP contribution < -0.4 is 15.4 Å². The number of nitrogens with zero attached hydrogens (tertiary/aromatic N) is 2. The second-order valence-electron chi connectivity index (χ2n) is 8.29. The van der Waals surface area contributed by atoms with E-state index in [1.165, 1.54) is 16.7 Å². The first-order chi connectivity index (χ1) is 14.9. The number of amides is 1. The largest absolute Gasteiger partial charge is 0.491 e. The van der Waals surface area contributed by atoms with E-state index in [1.807, 2.05) is 18.7 Å². The maximum Gasteiger partial charge on any atom is 0.222 e. The second-order valence-corrected chi connectivity index (χ2v) is 8.29. The average Bonchev–Trinajstić information content (AvgIpc) is 3.14. The summed E-state index contributed by atoms with van der Waals surface area (Å²) >= 11 is 0. The van der Waals surface area contributed by atoms with Gasteiger partial charge < -0.3 is 20.3 Å². The Kier molecular flexibility index (Phi) is 10.3. The summed E-state index contributed by atoms with van der Waals surface area (Å²) in [5.74, 6) is 1.91. The van der Waals surface area contributed by atoms with Gasteiger partial charge in [0.15, 0.2) is 5.96 Å². The van der Waals surface area contributed by atoms with Gasteiger partial charge in [-0.15, -0.1) is 24.0 Å². The number of hydrogen-bond acceptors (Lipinski definition) is 3. The fraction of sp³-hybridized carbons (Fsp3) is 0.440. The fourth-order valence-electron chi connectivity index (χ4n) is 3.61. The number of carbonyl (C=O) groups excluding carboxylic acids is 1. The van der Waals surface area contributed by atoms with Crippen molar-refractivity contribution in [2.45, 2.75) is 59.4 Å². The Morgan fingerprint density at radius 1 is 1.09 bits per heavy atom. The summed E-state index contributed by atoms with van der Waals surface area (Å²) in [4.78, 5) is 18.1. The number of aliphatic imine (C=N–C) groups is 1. The molecule has 2 N–H and O–H groups in total. The molecule has 0 aliphatic carbocycles. The van der Waals surface area contributed by atoms with Crippen LogP contribution in [0.3, 0.4) is 0 Å². The third-order valence-electron chi connectivity index (χ3n) is 5.28. The number of nitrogens with one attached hydrogen (secondary N) is 2. The van der Waals surface area contributed by atoms with Crippen molar-refractivity contribution in [1.29, 1.82) is 0 Å². The summed E-state index contributed by atoms with van der Waals surface area (Å²) in [5, 5.41) is 6.73. The summed E-state index contributed by atoms with van der Waals surface area (Å²) in [5.41, 5.74) is 4.61. The molecule has 2 aromatic rings. The summed E-state index contributed by atoms with van der Waals surface area (Å²) in [6, 6.07) is 14.7. The predicted octanol–water partition coefficient (Wildman–Crippen LogP) is 4.39. The standard InChI is InChI=1S/C25H34N4O2.HI/c1-18(2)31-23-14-19(3)7-12-22(23)16-28-25(26-4)27-15-20-8-10-21(11-9-20)17-29-13-5-6-24(29)30;/h7-12,14,18H,5-6,13,15-17H2,1-4H3,(H2,26,27,28);1H. The highest BCUT2D eigenvalue weighted by molar-refractivity contribution is 14.0. The Balaban J connectivity index is 0.00000363. The van der Waals surface area contributed by atoms with E-state index < -0.39 is 0 Å². The summed E-state index contributed by atoms with van der Waals surface area (Å²) < 4.78 is 5.96. The van der Waals surface area contributed by atoms with Crippen LogP contribution in [0.2, 0.25) is 0 Å². The Bertz CT molecular complexity index is 913. The number of halogens is 1. The van der Waals surface area contributed by atoms with E-state index in [1.54, 1.807) is 7.05 Å². The molecule has 32 heavy (non-hydrogen) atoms. The molecule has 1 amide bonds. The van der Waals surface area contributed by atoms with Crippen LogP contribution in [0.1, 0.15) is 48.9 Å². The molecule has 174 valence electrons. The van der Waals surface area contributed by atoms with Crippen LogP contribution in [0.15, 0.2) is 47.5 Å². The molecule has 0 radical (unpaired) electrons. The number of rotatable bonds is 8. The molecule has 6 nitrogen and oxygen atoms in total. The van der Waals surface area contributed by atoms with Crippen molar-refractivity contribution in [3.05, 3.63) is 64.7 Å². The first-order valence-electron chi connectivity index (χ1n) is 11.0. The molecule has 0 unspecified atom stereocenters. The lowest BCUT2D eigenvalue weighted by Crippen LogP contribution is -2.36. The highest BCUT2D eigenvalue weighted by atomic mass is 127. The number of benzene rings is 2. The fourth-order valence-corrected chi connectivity index (χ4v) is 3.61. The molecule has 1 aliphatic heterocycles. The summed E-state index contributed by atoms with van der Waals surface area (Å²) in [6.45, 7) is 9.01. The molecule has 0 aromatic heterocycles. The van der Waals surface area contributed by atoms with Crippen LogP contribution >= 0.6 is 24.0 Å². The number of guanidine groups is 1. The minimum absolute atomic E-state index is 0. The van der Waals surface area contributed by atoms with Crippen molar-refractivity contribution in [1.82, 2.24) is 15.5 Å². The number of likely N-dealkylation sites (tertiary alicyclic amines) is 1. The first-order valence-corrected chi connectivity index (χ1v) is 11.0. The van der Waals surface area contributed by atoms with E-state index in [2.05, 4.69) is 65.0 Å². The number of hydrogen-bond donors (Lipinski definition) is 2. The third-order valence-corrected chi connectivity index (χ3v) is 5.28. The molecule has 0 spiro atoms. The van der Waals surface area contributed by atoms with Crippen LogP contribution in [-0.4, -0.2) is 36.5 Å². The average molecular weight is 550 g/mol. The Morgan fingerprint density at radius 2 is 1.78 bits per heavy atom. The lowest BCUT2D eigenvalue weighted by atomic mass is 10.1. The van der Waals surface area contributed by atoms with Gasteiger partial charge in [0.1, 0.15) is 5.75 Å². The Morgan fingerprint density at radius 3 is 2.41 bits per heavy atom. The van der Waals surface area contributed by atoms with Gasteiger partial charge in [-0.3, -0.25) is 9.79 Å². The van der Waals surface area contributed by atoms with Crippen LogP contribution in [-0.2, 0) is 24.4 Å². The van der Waals surface area contributed by atoms with Gasteiger partial charge in [0.05, 0.1) is 6.10 Å². The molecular formula is C25H35IN4O2. The van der Waals surface area contributed by atoms with Gasteiger partial charge in [0.2, 0.25) is 5.91 Å². The molecule has 0 bridgehead atoms. The van der Waals surface area contributed by atoms with Crippen LogP contribution in [0.4, 0.5) is 0 Å². The number of ether oxygens (including phenoxy) is 1. The maximum atomic E-state index is 11.8. The molecule has 1 heterocycles. The highest BCUT2D eigenvalue weighted by Crippen LogP contribution is 2.21. The molecule has 1 aliphatic rings. The van der Waals surface area contributed by atoms with E-state index >= 15 is 0 Å². The third kappa shape index (κ3) is 7.69. The molecule has 0 saturated carbocycles. The smallest absolute Gasteiger partial charge is 0.222 e. The van der Waals surface area contributed by atoms with Gasteiger partial charge in [0, 0.05) is 45.2 Å². The van der Waals surface area contributed by atoms with Crippen molar-refractivity contribution < 1.29 is 9.53 Å². The van der Waals surface area contributed by atoms with Gasteiger partial charge in [-0.25, -0.2) is 0 Å². The zero-order chi connectivity index (χ0) is 22.2. The molecule has 2 aromatic carbocycles. The maximum absolute atomic E-state index is 11.8. The van der Waals surface area contributed by atoms with Crippen LogP contribution in [0.25, 0.3) is 0 Å². The van der Waals surface area contributed by atoms with E-state index in [-0.39, 0.29) is 36.0 Å². The van der Waals surface area contributed by atoms with E-state index in [0.29, 0.717) is 26.1 Å². The summed E-state index contributed by atoms with van der Waals surface area (Å²) in [7, 11) is 1.77. The Labute approximate surface area is 208 Å². The van der Waals surface area contributed by atoms with Crippen molar-refractivity contribution >= 4 is 35.8 Å². The summed E-state index contributed by atoms with van der Waals surface area (Å²) in [6.07, 6.45) is 1.78. The highest BCUT2D eigenvalue weighted by Gasteiger charge is 2.19. The molecule has 3 rings (SSSR count). The van der Waals surface area contributed by atoms with E-state index in [9.17, 15) is 4.79 Å². The molecule has 1 fully saturated rings. The second kappa shape index (κ2) is 12.7. The zero-order valence-electron chi connectivity index (χ0n) is 19.5. The van der Waals surface area contributed by atoms with E-state index in [4.69, 9.17) is 4.74 Å². The molecule has 0 atom stereocenters. The van der Waals surface area contributed by atoms with Crippen LogP contribution in [0, 0.1) is 6.92 Å². The molecule has 7 heteroatoms. The lowest BCUT2D eigenvalue weighted by molar-refractivity contribution is -0.128.